The molecule has 0 radical (unpaired) electrons. The number of benzene rings is 1. The number of nitrogens with zero attached hydrogens (tertiary/aromatic N) is 1. The third kappa shape index (κ3) is 2.59. The number of rotatable bonds is 2. The monoisotopic (exact) mass is 250 g/mol. The Kier molecular flexibility index (Phi) is 2.81. The van der Waals surface area contributed by atoms with Crippen LogP contribution in [-0.4, -0.2) is 24.9 Å². The summed E-state index contributed by atoms with van der Waals surface area (Å²) >= 11 is 0. The predicted molar refractivity (Wildman–Crippen MR) is 63.4 cm³/mol. The molecule has 0 saturated heterocycles. The van der Waals surface area contributed by atoms with Crippen LogP contribution in [0.3, 0.4) is 0 Å². The second-order valence-electron chi connectivity index (χ2n) is 3.60. The number of nitrogens with one attached hydrogen (secondary N) is 1. The van der Waals surface area contributed by atoms with Crippen molar-refractivity contribution in [3.63, 3.8) is 0 Å². The zero-order valence-corrected chi connectivity index (χ0v) is 9.86. The van der Waals surface area contributed by atoms with Crippen LogP contribution in [0.4, 0.5) is 0 Å². The van der Waals surface area contributed by atoms with Crippen molar-refractivity contribution in [3.05, 3.63) is 46.8 Å². The number of hydrogen-bond donors (Lipinski definition) is 1. The van der Waals surface area contributed by atoms with Crippen molar-refractivity contribution in [1.82, 2.24) is 10.2 Å². The van der Waals surface area contributed by atoms with Gasteiger partial charge in [-0.15, -0.1) is 0 Å². The molecule has 0 aliphatic rings. The summed E-state index contributed by atoms with van der Waals surface area (Å²) in [5, 5.41) is 6.17. The van der Waals surface area contributed by atoms with Gasteiger partial charge in [0.2, 0.25) is 0 Å². The minimum absolute atomic E-state index is 0.255. The topological polar surface area (TPSA) is 79.9 Å². The van der Waals surface area contributed by atoms with Gasteiger partial charge >= 0.3 is 0 Å². The molecular weight excluding hydrogens is 240 g/mol. The smallest absolute Gasteiger partial charge is 0.264 e. The fourth-order valence-electron chi connectivity index (χ4n) is 1.38. The molecule has 0 atom stereocenters. The summed E-state index contributed by atoms with van der Waals surface area (Å²) < 4.78 is 22.5. The van der Waals surface area contributed by atoms with Gasteiger partial charge in [-0.25, -0.2) is 13.5 Å². The summed E-state index contributed by atoms with van der Waals surface area (Å²) in [6.07, 6.45) is 1.15. The lowest BCUT2D eigenvalue weighted by Crippen LogP contribution is -2.05. The van der Waals surface area contributed by atoms with Crippen LogP contribution in [0.5, 0.6) is 0 Å². The summed E-state index contributed by atoms with van der Waals surface area (Å²) in [5.41, 5.74) is 1.06. The zero-order chi connectivity index (χ0) is 12.5. The highest BCUT2D eigenvalue weighted by Crippen LogP contribution is 2.17. The Balaban J connectivity index is 2.42. The van der Waals surface area contributed by atoms with Crippen LogP contribution in [0.1, 0.15) is 0 Å². The first-order valence-electron chi connectivity index (χ1n) is 4.83. The highest BCUT2D eigenvalue weighted by molar-refractivity contribution is 7.90. The SMILES string of the molecule is CS(=O)(=O)c1ccc(-c2ccc(=O)[nH]n2)cc1. The van der Waals surface area contributed by atoms with Gasteiger partial charge < -0.3 is 0 Å². The molecule has 2 aromatic rings. The van der Waals surface area contributed by atoms with Gasteiger partial charge in [0.25, 0.3) is 5.56 Å². The molecule has 88 valence electrons. The first kappa shape index (κ1) is 11.5. The molecule has 1 aromatic heterocycles. The van der Waals surface area contributed by atoms with Crippen molar-refractivity contribution in [2.75, 3.05) is 6.26 Å². The van der Waals surface area contributed by atoms with Gasteiger partial charge in [-0.05, 0) is 18.2 Å². The molecule has 1 heterocycles. The van der Waals surface area contributed by atoms with Gasteiger partial charge in [0.05, 0.1) is 10.6 Å². The fraction of sp³-hybridized carbons (Fsp3) is 0.0909. The van der Waals surface area contributed by atoms with Crippen LogP contribution in [0.15, 0.2) is 46.1 Å². The second kappa shape index (κ2) is 4.14. The molecule has 0 bridgehead atoms. The fourth-order valence-corrected chi connectivity index (χ4v) is 2.01. The summed E-state index contributed by atoms with van der Waals surface area (Å²) in [4.78, 5) is 11.1. The van der Waals surface area contributed by atoms with Crippen molar-refractivity contribution in [1.29, 1.82) is 0 Å². The first-order chi connectivity index (χ1) is 7.97. The van der Waals surface area contributed by atoms with Gasteiger partial charge in [-0.3, -0.25) is 4.79 Å². The normalized spacial score (nSPS) is 11.4. The highest BCUT2D eigenvalue weighted by atomic mass is 32.2. The van der Waals surface area contributed by atoms with E-state index in [1.807, 2.05) is 0 Å². The zero-order valence-electron chi connectivity index (χ0n) is 9.04. The average Bonchev–Trinajstić information content (AvgIpc) is 2.29. The van der Waals surface area contributed by atoms with E-state index in [-0.39, 0.29) is 10.5 Å². The van der Waals surface area contributed by atoms with E-state index in [2.05, 4.69) is 10.2 Å². The molecule has 6 heteroatoms. The van der Waals surface area contributed by atoms with Crippen molar-refractivity contribution in [3.8, 4) is 11.3 Å². The molecule has 0 aliphatic heterocycles. The summed E-state index contributed by atoms with van der Waals surface area (Å²) in [6.45, 7) is 0. The Morgan fingerprint density at radius 1 is 1.06 bits per heavy atom. The molecule has 0 spiro atoms. The van der Waals surface area contributed by atoms with Crippen molar-refractivity contribution in [2.45, 2.75) is 4.90 Å². The number of sulfone groups is 1. The summed E-state index contributed by atoms with van der Waals surface area (Å²) in [6, 6.07) is 9.27. The second-order valence-corrected chi connectivity index (χ2v) is 5.62. The maximum Gasteiger partial charge on any atom is 0.264 e. The minimum Gasteiger partial charge on any atom is -0.268 e. The minimum atomic E-state index is -3.19. The highest BCUT2D eigenvalue weighted by Gasteiger charge is 2.07. The molecule has 5 nitrogen and oxygen atoms in total. The molecular formula is C11H10N2O3S. The molecule has 1 aromatic carbocycles. The van der Waals surface area contributed by atoms with Crippen LogP contribution in [-0.2, 0) is 9.84 Å². The molecule has 0 saturated carbocycles. The van der Waals surface area contributed by atoms with Gasteiger partial charge in [-0.2, -0.15) is 5.10 Å². The predicted octanol–water partition coefficient (Wildman–Crippen LogP) is 0.840. The van der Waals surface area contributed by atoms with Crippen molar-refractivity contribution >= 4 is 9.84 Å². The molecule has 0 fully saturated rings. The summed E-state index contributed by atoms with van der Waals surface area (Å²) in [5.74, 6) is 0. The largest absolute Gasteiger partial charge is 0.268 e. The number of hydrogen-bond acceptors (Lipinski definition) is 4. The van der Waals surface area contributed by atoms with E-state index in [4.69, 9.17) is 0 Å². The van der Waals surface area contributed by atoms with E-state index in [0.29, 0.717) is 5.69 Å². The lowest BCUT2D eigenvalue weighted by Gasteiger charge is -2.01. The lowest BCUT2D eigenvalue weighted by atomic mass is 10.1. The van der Waals surface area contributed by atoms with Crippen molar-refractivity contribution in [2.24, 2.45) is 0 Å². The van der Waals surface area contributed by atoms with Crippen LogP contribution < -0.4 is 5.56 Å². The summed E-state index contributed by atoms with van der Waals surface area (Å²) in [7, 11) is -3.19. The molecule has 1 N–H and O–H groups in total. The van der Waals surface area contributed by atoms with E-state index in [1.165, 1.54) is 18.2 Å². The first-order valence-corrected chi connectivity index (χ1v) is 6.72. The molecule has 0 aliphatic carbocycles. The van der Waals surface area contributed by atoms with Gasteiger partial charge in [0, 0.05) is 17.9 Å². The Morgan fingerprint density at radius 3 is 2.18 bits per heavy atom. The third-order valence-corrected chi connectivity index (χ3v) is 3.39. The quantitative estimate of drug-likeness (QED) is 0.856. The van der Waals surface area contributed by atoms with Crippen LogP contribution in [0.2, 0.25) is 0 Å². The van der Waals surface area contributed by atoms with Gasteiger partial charge in [-0.1, -0.05) is 12.1 Å². The van der Waals surface area contributed by atoms with Crippen molar-refractivity contribution < 1.29 is 8.42 Å². The Morgan fingerprint density at radius 2 is 1.71 bits per heavy atom. The molecule has 0 unspecified atom stereocenters. The van der Waals surface area contributed by atoms with E-state index in [1.54, 1.807) is 18.2 Å². The Hall–Kier alpha value is -1.95. The lowest BCUT2D eigenvalue weighted by molar-refractivity contribution is 0.602. The van der Waals surface area contributed by atoms with Crippen LogP contribution in [0.25, 0.3) is 11.3 Å². The molecule has 2 rings (SSSR count). The van der Waals surface area contributed by atoms with Gasteiger partial charge in [0.1, 0.15) is 0 Å². The Bertz CT molecular complexity index is 667. The molecule has 0 amide bonds. The Labute approximate surface area is 98.0 Å². The number of aromatic amines is 1. The maximum atomic E-state index is 11.3. The van der Waals surface area contributed by atoms with E-state index in [9.17, 15) is 13.2 Å². The number of H-pyrrole nitrogens is 1. The van der Waals surface area contributed by atoms with Crippen LogP contribution >= 0.6 is 0 Å². The van der Waals surface area contributed by atoms with E-state index in [0.717, 1.165) is 11.8 Å². The standard InChI is InChI=1S/C11H10N2O3S/c1-17(15,16)9-4-2-8(3-5-9)10-6-7-11(14)13-12-10/h2-7H,1H3,(H,13,14). The van der Waals surface area contributed by atoms with Gasteiger partial charge in [0.15, 0.2) is 9.84 Å². The van der Waals surface area contributed by atoms with E-state index >= 15 is 0 Å². The van der Waals surface area contributed by atoms with Crippen LogP contribution in [0, 0.1) is 0 Å². The average molecular weight is 250 g/mol. The number of aromatic nitrogens is 2. The van der Waals surface area contributed by atoms with E-state index < -0.39 is 9.84 Å². The maximum absolute atomic E-state index is 11.3. The molecule has 17 heavy (non-hydrogen) atoms. The third-order valence-electron chi connectivity index (χ3n) is 2.26.